The third kappa shape index (κ3) is 4.81. The van der Waals surface area contributed by atoms with Gasteiger partial charge in [0.15, 0.2) is 5.11 Å². The van der Waals surface area contributed by atoms with Gasteiger partial charge >= 0.3 is 0 Å². The summed E-state index contributed by atoms with van der Waals surface area (Å²) < 4.78 is 25.9. The van der Waals surface area contributed by atoms with E-state index in [1.54, 1.807) is 18.3 Å². The van der Waals surface area contributed by atoms with Gasteiger partial charge in [-0.25, -0.2) is 8.42 Å². The number of benzene rings is 2. The van der Waals surface area contributed by atoms with E-state index in [-0.39, 0.29) is 17.6 Å². The molecule has 1 aromatic heterocycles. The van der Waals surface area contributed by atoms with Crippen molar-refractivity contribution in [2.75, 3.05) is 27.8 Å². The molecule has 3 heterocycles. The number of likely N-dealkylation sites (N-methyl/N-ethyl adjacent to an activating group) is 1. The number of nitrogens with one attached hydrogen (secondary N) is 2. The monoisotopic (exact) mass is 533 g/mol. The average molecular weight is 534 g/mol. The van der Waals surface area contributed by atoms with Crippen LogP contribution >= 0.6 is 12.2 Å². The summed E-state index contributed by atoms with van der Waals surface area (Å²) in [5.74, 6) is 0. The summed E-state index contributed by atoms with van der Waals surface area (Å²) in [7, 11) is -1.24. The van der Waals surface area contributed by atoms with E-state index in [1.807, 2.05) is 30.3 Å². The van der Waals surface area contributed by atoms with Gasteiger partial charge < -0.3 is 15.1 Å². The lowest BCUT2D eigenvalue weighted by molar-refractivity contribution is 0.566. The molecule has 9 heteroatoms. The zero-order valence-corrected chi connectivity index (χ0v) is 23.2. The van der Waals surface area contributed by atoms with Crippen LogP contribution in [0.3, 0.4) is 0 Å². The molecule has 0 aliphatic carbocycles. The Morgan fingerprint density at radius 2 is 1.81 bits per heavy atom. The highest BCUT2D eigenvalue weighted by Gasteiger charge is 2.41. The first kappa shape index (κ1) is 25.2. The highest BCUT2D eigenvalue weighted by Crippen LogP contribution is 2.45. The number of sulfonamides is 1. The lowest BCUT2D eigenvalue weighted by Gasteiger charge is -2.41. The molecule has 0 amide bonds. The van der Waals surface area contributed by atoms with E-state index in [0.29, 0.717) is 10.8 Å². The van der Waals surface area contributed by atoms with Crippen molar-refractivity contribution in [3.8, 4) is 0 Å². The van der Waals surface area contributed by atoms with Crippen molar-refractivity contribution in [2.24, 2.45) is 0 Å². The maximum Gasteiger partial charge on any atom is 0.229 e. The second kappa shape index (κ2) is 9.15. The van der Waals surface area contributed by atoms with E-state index in [2.05, 4.69) is 76.9 Å². The molecule has 2 N–H and O–H groups in total. The Balaban J connectivity index is 1.61. The predicted octanol–water partition coefficient (Wildman–Crippen LogP) is 5.26. The number of rotatable bonds is 5. The minimum Gasteiger partial charge on any atom is -0.366 e. The van der Waals surface area contributed by atoms with Gasteiger partial charge in [-0.2, -0.15) is 0 Å². The number of anilines is 3. The van der Waals surface area contributed by atoms with Crippen molar-refractivity contribution in [3.63, 3.8) is 0 Å². The molecule has 2 atom stereocenters. The molecular formula is C28H31N5O2S2. The van der Waals surface area contributed by atoms with Crippen LogP contribution in [-0.4, -0.2) is 37.4 Å². The van der Waals surface area contributed by atoms with Crippen LogP contribution in [0.1, 0.15) is 49.7 Å². The molecule has 3 aromatic rings. The van der Waals surface area contributed by atoms with E-state index in [1.165, 1.54) is 16.8 Å². The van der Waals surface area contributed by atoms with E-state index in [9.17, 15) is 8.42 Å². The number of pyridine rings is 1. The number of thiocarbonyl (C=S) groups is 1. The lowest BCUT2D eigenvalue weighted by atomic mass is 9.86. The van der Waals surface area contributed by atoms with Gasteiger partial charge in [-0.15, -0.1) is 0 Å². The summed E-state index contributed by atoms with van der Waals surface area (Å²) in [4.78, 5) is 9.04. The van der Waals surface area contributed by atoms with Crippen LogP contribution in [0.4, 0.5) is 17.1 Å². The summed E-state index contributed by atoms with van der Waals surface area (Å²) in [5, 5.41) is 4.08. The maximum atomic E-state index is 11.7. The van der Waals surface area contributed by atoms with Crippen molar-refractivity contribution < 1.29 is 8.42 Å². The molecule has 0 unspecified atom stereocenters. The number of hydrogen-bond acceptors (Lipinski definition) is 5. The van der Waals surface area contributed by atoms with Crippen LogP contribution in [0.2, 0.25) is 0 Å². The fourth-order valence-corrected chi connectivity index (χ4v) is 6.15. The van der Waals surface area contributed by atoms with Crippen molar-refractivity contribution in [3.05, 3.63) is 89.8 Å². The van der Waals surface area contributed by atoms with Crippen LogP contribution in [0.15, 0.2) is 72.9 Å². The second-order valence-corrected chi connectivity index (χ2v) is 12.4. The van der Waals surface area contributed by atoms with Gasteiger partial charge in [0, 0.05) is 35.9 Å². The van der Waals surface area contributed by atoms with Gasteiger partial charge in [0.25, 0.3) is 0 Å². The molecule has 0 radical (unpaired) electrons. The second-order valence-electron chi connectivity index (χ2n) is 10.2. The number of hydrogen-bond donors (Lipinski definition) is 2. The summed E-state index contributed by atoms with van der Waals surface area (Å²) in [6, 6.07) is 19.5. The Morgan fingerprint density at radius 3 is 2.46 bits per heavy atom. The van der Waals surface area contributed by atoms with Gasteiger partial charge in [0.2, 0.25) is 10.0 Å². The van der Waals surface area contributed by atoms with Gasteiger partial charge in [-0.1, -0.05) is 18.2 Å². The summed E-state index contributed by atoms with van der Waals surface area (Å²) in [6.45, 7) is 6.60. The van der Waals surface area contributed by atoms with Gasteiger partial charge in [-0.05, 0) is 92.7 Å². The van der Waals surface area contributed by atoms with E-state index >= 15 is 0 Å². The molecular weight excluding hydrogens is 502 g/mol. The quantitative estimate of drug-likeness (QED) is 0.433. The number of aromatic nitrogens is 1. The minimum atomic E-state index is -3.36. The first-order valence-electron chi connectivity index (χ1n) is 12.1. The normalized spacial score (nSPS) is 20.8. The summed E-state index contributed by atoms with van der Waals surface area (Å²) in [6.07, 6.45) is 5.24. The molecule has 2 aromatic carbocycles. The first-order valence-corrected chi connectivity index (χ1v) is 14.4. The third-order valence-electron chi connectivity index (χ3n) is 7.13. The Morgan fingerprint density at radius 1 is 1.08 bits per heavy atom. The Bertz CT molecular complexity index is 1480. The highest BCUT2D eigenvalue weighted by molar-refractivity contribution is 7.92. The van der Waals surface area contributed by atoms with Gasteiger partial charge in [0.05, 0.1) is 29.6 Å². The standard InChI is InChI=1S/C28H31N5O2S2/c1-18-17-28(2,3)32(4)24-14-9-19(16-22(18)24)26-25(23-8-6-7-15-29-23)30-27(36)33(26)21-12-10-20(11-13-21)31-37(5,34)35/h6-17,25-26,31H,1-5H3,(H,30,36)/t25-,26+/m0/s1. The van der Waals surface area contributed by atoms with E-state index < -0.39 is 10.0 Å². The minimum absolute atomic E-state index is 0.0701. The van der Waals surface area contributed by atoms with Crippen LogP contribution in [0.5, 0.6) is 0 Å². The molecule has 7 nitrogen and oxygen atoms in total. The zero-order chi connectivity index (χ0) is 26.5. The highest BCUT2D eigenvalue weighted by atomic mass is 32.2. The zero-order valence-electron chi connectivity index (χ0n) is 21.6. The molecule has 5 rings (SSSR count). The molecule has 0 saturated carbocycles. The van der Waals surface area contributed by atoms with Crippen molar-refractivity contribution in [1.29, 1.82) is 0 Å². The third-order valence-corrected chi connectivity index (χ3v) is 8.05. The van der Waals surface area contributed by atoms with Crippen LogP contribution in [-0.2, 0) is 10.0 Å². The lowest BCUT2D eigenvalue weighted by Crippen LogP contribution is -2.42. The number of fused-ring (bicyclic) bond motifs is 1. The average Bonchev–Trinajstić information content (AvgIpc) is 3.19. The fourth-order valence-electron chi connectivity index (χ4n) is 5.24. The molecule has 1 saturated heterocycles. The summed E-state index contributed by atoms with van der Waals surface area (Å²) >= 11 is 5.85. The smallest absolute Gasteiger partial charge is 0.229 e. The fraction of sp³-hybridized carbons (Fsp3) is 0.286. The molecule has 1 fully saturated rings. The van der Waals surface area contributed by atoms with Crippen molar-refractivity contribution >= 4 is 50.0 Å². The number of allylic oxidation sites excluding steroid dienone is 1. The van der Waals surface area contributed by atoms with Crippen LogP contribution < -0.4 is 19.8 Å². The number of nitrogens with zero attached hydrogens (tertiary/aromatic N) is 3. The van der Waals surface area contributed by atoms with E-state index in [4.69, 9.17) is 12.2 Å². The SMILES string of the molecule is CC1=CC(C)(C)N(C)c2ccc([C@@H]3[C@H](c4ccccn4)NC(=S)N3c3ccc(NS(C)(=O)=O)cc3)cc21. The molecule has 2 aliphatic rings. The molecule has 37 heavy (non-hydrogen) atoms. The van der Waals surface area contributed by atoms with Crippen molar-refractivity contribution in [1.82, 2.24) is 10.3 Å². The summed E-state index contributed by atoms with van der Waals surface area (Å²) in [5.41, 5.74) is 6.94. The molecule has 2 aliphatic heterocycles. The molecule has 192 valence electrons. The van der Waals surface area contributed by atoms with Gasteiger partial charge in [-0.3, -0.25) is 9.71 Å². The topological polar surface area (TPSA) is 77.6 Å². The predicted molar refractivity (Wildman–Crippen MR) is 155 cm³/mol. The Hall–Kier alpha value is -3.43. The van der Waals surface area contributed by atoms with Crippen LogP contribution in [0.25, 0.3) is 5.57 Å². The van der Waals surface area contributed by atoms with E-state index in [0.717, 1.165) is 23.2 Å². The van der Waals surface area contributed by atoms with Gasteiger partial charge in [0.1, 0.15) is 0 Å². The maximum absolute atomic E-state index is 11.7. The Kier molecular flexibility index (Phi) is 6.24. The van der Waals surface area contributed by atoms with Crippen LogP contribution in [0, 0.1) is 0 Å². The first-order chi connectivity index (χ1) is 17.4. The Labute approximate surface area is 224 Å². The van der Waals surface area contributed by atoms with Crippen molar-refractivity contribution in [2.45, 2.75) is 38.4 Å². The largest absolute Gasteiger partial charge is 0.366 e. The molecule has 0 bridgehead atoms. The molecule has 0 spiro atoms.